The highest BCUT2D eigenvalue weighted by molar-refractivity contribution is 5.93. The molecule has 0 aromatic carbocycles. The standard InChI is InChI=1S/C15H22N4O3/c1-4-7-8-16-13-11-9-18-19(5-2)14(11)17-10-12(13)22-15(20)21-6-3/h9-10H,4-8H2,1-3H3,(H,16,17). The number of rotatable bonds is 7. The number of carbonyl (C=O) groups excluding carboxylic acids is 1. The van der Waals surface area contributed by atoms with Crippen LogP contribution in [-0.4, -0.2) is 34.1 Å². The highest BCUT2D eigenvalue weighted by atomic mass is 16.7. The summed E-state index contributed by atoms with van der Waals surface area (Å²) >= 11 is 0. The number of aromatic nitrogens is 3. The summed E-state index contributed by atoms with van der Waals surface area (Å²) in [5, 5.41) is 8.45. The van der Waals surface area contributed by atoms with E-state index in [1.807, 2.05) is 6.92 Å². The lowest BCUT2D eigenvalue weighted by molar-refractivity contribution is 0.104. The molecule has 2 rings (SSSR count). The van der Waals surface area contributed by atoms with Gasteiger partial charge in [0.2, 0.25) is 0 Å². The Balaban J connectivity index is 2.36. The highest BCUT2D eigenvalue weighted by Gasteiger charge is 2.16. The van der Waals surface area contributed by atoms with Gasteiger partial charge in [0.15, 0.2) is 11.4 Å². The molecule has 0 amide bonds. The Hall–Kier alpha value is -2.31. The summed E-state index contributed by atoms with van der Waals surface area (Å²) in [6.07, 6.45) is 4.62. The fourth-order valence-corrected chi connectivity index (χ4v) is 2.13. The summed E-state index contributed by atoms with van der Waals surface area (Å²) in [7, 11) is 0. The Labute approximate surface area is 129 Å². The van der Waals surface area contributed by atoms with Crippen LogP contribution >= 0.6 is 0 Å². The monoisotopic (exact) mass is 306 g/mol. The van der Waals surface area contributed by atoms with Crippen LogP contribution in [0.3, 0.4) is 0 Å². The second-order valence-electron chi connectivity index (χ2n) is 4.76. The van der Waals surface area contributed by atoms with Crippen LogP contribution in [0.25, 0.3) is 11.0 Å². The third-order valence-corrected chi connectivity index (χ3v) is 3.22. The summed E-state index contributed by atoms with van der Waals surface area (Å²) in [6.45, 7) is 7.63. The number of hydrogen-bond donors (Lipinski definition) is 1. The minimum absolute atomic E-state index is 0.265. The van der Waals surface area contributed by atoms with Crippen LogP contribution in [0.2, 0.25) is 0 Å². The smallest absolute Gasteiger partial charge is 0.434 e. The van der Waals surface area contributed by atoms with Crippen LogP contribution in [0.5, 0.6) is 5.75 Å². The summed E-state index contributed by atoms with van der Waals surface area (Å²) < 4.78 is 11.9. The normalized spacial score (nSPS) is 10.7. The number of aryl methyl sites for hydroxylation is 1. The van der Waals surface area contributed by atoms with Gasteiger partial charge in [-0.3, -0.25) is 0 Å². The minimum atomic E-state index is -0.731. The number of hydrogen-bond acceptors (Lipinski definition) is 6. The molecule has 120 valence electrons. The predicted molar refractivity (Wildman–Crippen MR) is 84.2 cm³/mol. The average Bonchev–Trinajstić information content (AvgIpc) is 2.92. The van der Waals surface area contributed by atoms with E-state index < -0.39 is 6.16 Å². The van der Waals surface area contributed by atoms with Gasteiger partial charge in [0.1, 0.15) is 0 Å². The van der Waals surface area contributed by atoms with Crippen molar-refractivity contribution in [1.29, 1.82) is 0 Å². The van der Waals surface area contributed by atoms with E-state index in [0.717, 1.165) is 42.7 Å². The number of nitrogens with zero attached hydrogens (tertiary/aromatic N) is 3. The topological polar surface area (TPSA) is 78.3 Å². The van der Waals surface area contributed by atoms with Gasteiger partial charge in [-0.25, -0.2) is 14.5 Å². The fourth-order valence-electron chi connectivity index (χ4n) is 2.13. The maximum atomic E-state index is 11.6. The van der Waals surface area contributed by atoms with E-state index >= 15 is 0 Å². The first-order valence-electron chi connectivity index (χ1n) is 7.64. The summed E-state index contributed by atoms with van der Waals surface area (Å²) in [6, 6.07) is 0. The predicted octanol–water partition coefficient (Wildman–Crippen LogP) is 3.20. The quantitative estimate of drug-likeness (QED) is 0.625. The van der Waals surface area contributed by atoms with E-state index in [1.165, 1.54) is 6.20 Å². The van der Waals surface area contributed by atoms with Crippen LogP contribution in [0, 0.1) is 0 Å². The van der Waals surface area contributed by atoms with Gasteiger partial charge in [0, 0.05) is 13.1 Å². The van der Waals surface area contributed by atoms with Crippen molar-refractivity contribution in [2.75, 3.05) is 18.5 Å². The Morgan fingerprint density at radius 1 is 1.32 bits per heavy atom. The molecule has 2 heterocycles. The van der Waals surface area contributed by atoms with Crippen LogP contribution in [-0.2, 0) is 11.3 Å². The van der Waals surface area contributed by atoms with Crippen LogP contribution in [0.4, 0.5) is 10.5 Å². The molecule has 2 aromatic heterocycles. The summed E-state index contributed by atoms with van der Waals surface area (Å²) in [4.78, 5) is 15.9. The molecule has 0 saturated carbocycles. The van der Waals surface area contributed by atoms with Crippen LogP contribution in [0.1, 0.15) is 33.6 Å². The molecule has 0 bridgehead atoms. The molecule has 7 nitrogen and oxygen atoms in total. The molecule has 0 aliphatic heterocycles. The van der Waals surface area contributed by atoms with Gasteiger partial charge in [-0.2, -0.15) is 5.10 Å². The third kappa shape index (κ3) is 3.47. The summed E-state index contributed by atoms with van der Waals surface area (Å²) in [5.41, 5.74) is 1.49. The number of pyridine rings is 1. The summed E-state index contributed by atoms with van der Waals surface area (Å²) in [5.74, 6) is 0.359. The molecule has 0 atom stereocenters. The molecular weight excluding hydrogens is 284 g/mol. The van der Waals surface area contributed by atoms with Crippen molar-refractivity contribution in [3.63, 3.8) is 0 Å². The van der Waals surface area contributed by atoms with Crippen LogP contribution < -0.4 is 10.1 Å². The maximum Gasteiger partial charge on any atom is 0.513 e. The Kier molecular flexibility index (Phi) is 5.57. The zero-order chi connectivity index (χ0) is 15.9. The molecule has 2 aromatic rings. The van der Waals surface area contributed by atoms with Crippen molar-refractivity contribution < 1.29 is 14.3 Å². The zero-order valence-electron chi connectivity index (χ0n) is 13.3. The first-order chi connectivity index (χ1) is 10.7. The van der Waals surface area contributed by atoms with E-state index in [1.54, 1.807) is 17.8 Å². The molecule has 0 radical (unpaired) electrons. The molecule has 1 N–H and O–H groups in total. The van der Waals surface area contributed by atoms with Gasteiger partial charge in [0.05, 0.1) is 30.1 Å². The molecule has 0 spiro atoms. The van der Waals surface area contributed by atoms with Gasteiger partial charge >= 0.3 is 6.16 Å². The van der Waals surface area contributed by atoms with Gasteiger partial charge < -0.3 is 14.8 Å². The van der Waals surface area contributed by atoms with Crippen molar-refractivity contribution in [3.8, 4) is 5.75 Å². The van der Waals surface area contributed by atoms with E-state index in [0.29, 0.717) is 5.75 Å². The van der Waals surface area contributed by atoms with Crippen molar-refractivity contribution in [2.24, 2.45) is 0 Å². The van der Waals surface area contributed by atoms with Crippen molar-refractivity contribution in [1.82, 2.24) is 14.8 Å². The number of fused-ring (bicyclic) bond motifs is 1. The molecule has 0 fully saturated rings. The molecule has 22 heavy (non-hydrogen) atoms. The fraction of sp³-hybridized carbons (Fsp3) is 0.533. The first kappa shape index (κ1) is 16.1. The van der Waals surface area contributed by atoms with E-state index in [4.69, 9.17) is 9.47 Å². The van der Waals surface area contributed by atoms with Crippen molar-refractivity contribution in [2.45, 2.75) is 40.2 Å². The van der Waals surface area contributed by atoms with Gasteiger partial charge in [0.25, 0.3) is 0 Å². The largest absolute Gasteiger partial charge is 0.513 e. The van der Waals surface area contributed by atoms with E-state index in [-0.39, 0.29) is 6.61 Å². The SMILES string of the molecule is CCCCNc1c(OC(=O)OCC)cnc2c1cnn2CC. The molecule has 0 saturated heterocycles. The number of nitrogens with one attached hydrogen (secondary N) is 1. The molecule has 0 unspecified atom stereocenters. The number of anilines is 1. The lowest BCUT2D eigenvalue weighted by Gasteiger charge is -2.12. The second-order valence-corrected chi connectivity index (χ2v) is 4.76. The van der Waals surface area contributed by atoms with Crippen LogP contribution in [0.15, 0.2) is 12.4 Å². The molecule has 0 aliphatic carbocycles. The van der Waals surface area contributed by atoms with E-state index in [9.17, 15) is 4.79 Å². The number of carbonyl (C=O) groups is 1. The molecule has 0 aliphatic rings. The Bertz CT molecular complexity index is 639. The number of unbranched alkanes of at least 4 members (excludes halogenated alkanes) is 1. The number of ether oxygens (including phenoxy) is 2. The molecular formula is C15H22N4O3. The third-order valence-electron chi connectivity index (χ3n) is 3.22. The second kappa shape index (κ2) is 7.63. The van der Waals surface area contributed by atoms with Gasteiger partial charge in [-0.1, -0.05) is 13.3 Å². The van der Waals surface area contributed by atoms with E-state index in [2.05, 4.69) is 22.3 Å². The van der Waals surface area contributed by atoms with Crippen molar-refractivity contribution >= 4 is 22.9 Å². The lowest BCUT2D eigenvalue weighted by atomic mass is 10.2. The minimum Gasteiger partial charge on any atom is -0.434 e. The Morgan fingerprint density at radius 3 is 2.82 bits per heavy atom. The van der Waals surface area contributed by atoms with Crippen molar-refractivity contribution in [3.05, 3.63) is 12.4 Å². The van der Waals surface area contributed by atoms with Gasteiger partial charge in [-0.05, 0) is 20.3 Å². The Morgan fingerprint density at radius 2 is 2.14 bits per heavy atom. The van der Waals surface area contributed by atoms with Gasteiger partial charge in [-0.15, -0.1) is 0 Å². The highest BCUT2D eigenvalue weighted by Crippen LogP contribution is 2.32. The molecule has 7 heteroatoms. The lowest BCUT2D eigenvalue weighted by Crippen LogP contribution is -2.13. The first-order valence-corrected chi connectivity index (χ1v) is 7.64. The maximum absolute atomic E-state index is 11.6. The average molecular weight is 306 g/mol. The zero-order valence-corrected chi connectivity index (χ0v) is 13.3.